The van der Waals surface area contributed by atoms with Crippen molar-refractivity contribution in [3.05, 3.63) is 48.0 Å². The van der Waals surface area contributed by atoms with Gasteiger partial charge in [-0.15, -0.1) is 6.58 Å². The Balaban J connectivity index is 2.43. The van der Waals surface area contributed by atoms with Crippen LogP contribution in [0, 0.1) is 11.3 Å². The van der Waals surface area contributed by atoms with Crippen molar-refractivity contribution in [2.45, 2.75) is 13.0 Å². The monoisotopic (exact) mass is 187 g/mol. The van der Waals surface area contributed by atoms with Gasteiger partial charge in [0.15, 0.2) is 0 Å². The van der Waals surface area contributed by atoms with Crippen LogP contribution in [0.15, 0.2) is 36.9 Å². The fourth-order valence-corrected chi connectivity index (χ4v) is 1.09. The molecule has 0 unspecified atom stereocenters. The number of benzene rings is 1. The number of ether oxygens (including phenoxy) is 1. The minimum absolute atomic E-state index is 0.559. The molecule has 0 bridgehead atoms. The minimum Gasteiger partial charge on any atom is -0.376 e. The first-order valence-electron chi connectivity index (χ1n) is 4.54. The molecule has 0 aliphatic rings. The van der Waals surface area contributed by atoms with E-state index in [0.29, 0.717) is 18.8 Å². The minimum atomic E-state index is 0.559. The Bertz CT molecular complexity index is 338. The third-order valence-corrected chi connectivity index (χ3v) is 1.79. The molecule has 0 heterocycles. The highest BCUT2D eigenvalue weighted by molar-refractivity contribution is 5.32. The molecule has 0 N–H and O–H groups in total. The number of hydrogen-bond acceptors (Lipinski definition) is 2. The molecule has 0 aliphatic carbocycles. The van der Waals surface area contributed by atoms with Crippen LogP contribution in [0.25, 0.3) is 0 Å². The van der Waals surface area contributed by atoms with E-state index >= 15 is 0 Å². The van der Waals surface area contributed by atoms with E-state index in [0.717, 1.165) is 12.0 Å². The van der Waals surface area contributed by atoms with Crippen molar-refractivity contribution in [1.29, 1.82) is 5.26 Å². The van der Waals surface area contributed by atoms with Crippen LogP contribution in [0.2, 0.25) is 0 Å². The van der Waals surface area contributed by atoms with Crippen LogP contribution in [0.1, 0.15) is 17.5 Å². The van der Waals surface area contributed by atoms with Crippen molar-refractivity contribution in [2.75, 3.05) is 6.61 Å². The van der Waals surface area contributed by atoms with Crippen molar-refractivity contribution in [3.8, 4) is 6.07 Å². The highest BCUT2D eigenvalue weighted by Gasteiger charge is 1.94. The lowest BCUT2D eigenvalue weighted by molar-refractivity contribution is 0.125. The molecule has 0 atom stereocenters. The molecule has 0 saturated heterocycles. The second kappa shape index (κ2) is 5.95. The van der Waals surface area contributed by atoms with E-state index in [1.807, 2.05) is 24.3 Å². The molecular weight excluding hydrogens is 174 g/mol. The van der Waals surface area contributed by atoms with Gasteiger partial charge < -0.3 is 4.74 Å². The topological polar surface area (TPSA) is 33.0 Å². The van der Waals surface area contributed by atoms with Crippen LogP contribution in [0.5, 0.6) is 0 Å². The van der Waals surface area contributed by atoms with Crippen LogP contribution in [-0.4, -0.2) is 6.61 Å². The Kier molecular flexibility index (Phi) is 4.46. The van der Waals surface area contributed by atoms with Gasteiger partial charge in [0.1, 0.15) is 0 Å². The summed E-state index contributed by atoms with van der Waals surface area (Å²) in [6.07, 6.45) is 2.68. The van der Waals surface area contributed by atoms with Gasteiger partial charge in [-0.1, -0.05) is 18.2 Å². The van der Waals surface area contributed by atoms with Crippen molar-refractivity contribution < 1.29 is 4.74 Å². The molecule has 1 aromatic carbocycles. The number of nitrogens with zero attached hydrogens (tertiary/aromatic N) is 1. The van der Waals surface area contributed by atoms with Gasteiger partial charge in [0.05, 0.1) is 24.8 Å². The van der Waals surface area contributed by atoms with Gasteiger partial charge in [0.25, 0.3) is 0 Å². The van der Waals surface area contributed by atoms with Crippen molar-refractivity contribution in [1.82, 2.24) is 0 Å². The normalized spacial score (nSPS) is 9.36. The smallest absolute Gasteiger partial charge is 0.0991 e. The predicted octanol–water partition coefficient (Wildman–Crippen LogP) is 2.65. The Morgan fingerprint density at radius 3 is 3.07 bits per heavy atom. The summed E-state index contributed by atoms with van der Waals surface area (Å²) in [5, 5.41) is 8.67. The van der Waals surface area contributed by atoms with Gasteiger partial charge in [-0.3, -0.25) is 0 Å². The zero-order valence-electron chi connectivity index (χ0n) is 8.07. The zero-order valence-corrected chi connectivity index (χ0v) is 8.07. The van der Waals surface area contributed by atoms with Gasteiger partial charge in [-0.2, -0.15) is 5.26 Å². The molecule has 2 nitrogen and oxygen atoms in total. The molecule has 0 fully saturated rings. The highest BCUT2D eigenvalue weighted by Crippen LogP contribution is 2.05. The average molecular weight is 187 g/mol. The fourth-order valence-electron chi connectivity index (χ4n) is 1.09. The van der Waals surface area contributed by atoms with E-state index in [4.69, 9.17) is 10.00 Å². The maximum atomic E-state index is 8.67. The molecule has 0 radical (unpaired) electrons. The number of rotatable bonds is 5. The fraction of sp³-hybridized carbons (Fsp3) is 0.250. The van der Waals surface area contributed by atoms with Gasteiger partial charge in [-0.25, -0.2) is 0 Å². The Hall–Kier alpha value is -1.59. The molecule has 0 amide bonds. The Morgan fingerprint density at radius 1 is 1.50 bits per heavy atom. The lowest BCUT2D eigenvalue weighted by Gasteiger charge is -2.02. The van der Waals surface area contributed by atoms with Crippen molar-refractivity contribution in [2.24, 2.45) is 0 Å². The number of hydrogen-bond donors (Lipinski definition) is 0. The predicted molar refractivity (Wildman–Crippen MR) is 55.6 cm³/mol. The first-order valence-corrected chi connectivity index (χ1v) is 4.54. The summed E-state index contributed by atoms with van der Waals surface area (Å²) in [6.45, 7) is 4.85. The third kappa shape index (κ3) is 3.42. The first kappa shape index (κ1) is 10.5. The molecule has 1 aromatic rings. The van der Waals surface area contributed by atoms with Crippen LogP contribution >= 0.6 is 0 Å². The molecular formula is C12H13NO. The summed E-state index contributed by atoms with van der Waals surface area (Å²) in [5.41, 5.74) is 1.71. The van der Waals surface area contributed by atoms with Crippen LogP contribution < -0.4 is 0 Å². The quantitative estimate of drug-likeness (QED) is 0.524. The maximum Gasteiger partial charge on any atom is 0.0991 e. The van der Waals surface area contributed by atoms with E-state index in [2.05, 4.69) is 12.6 Å². The molecule has 0 aromatic heterocycles. The Labute approximate surface area is 84.4 Å². The van der Waals surface area contributed by atoms with E-state index in [1.165, 1.54) is 0 Å². The van der Waals surface area contributed by atoms with Crippen molar-refractivity contribution in [3.63, 3.8) is 0 Å². The summed E-state index contributed by atoms with van der Waals surface area (Å²) in [6, 6.07) is 9.54. The second-order valence-corrected chi connectivity index (χ2v) is 2.94. The maximum absolute atomic E-state index is 8.67. The average Bonchev–Trinajstić information content (AvgIpc) is 2.25. The van der Waals surface area contributed by atoms with Gasteiger partial charge in [0, 0.05) is 0 Å². The van der Waals surface area contributed by atoms with Crippen molar-refractivity contribution >= 4 is 0 Å². The molecule has 0 saturated carbocycles. The summed E-state index contributed by atoms with van der Waals surface area (Å²) in [7, 11) is 0. The summed E-state index contributed by atoms with van der Waals surface area (Å²) >= 11 is 0. The van der Waals surface area contributed by atoms with Gasteiger partial charge in [0.2, 0.25) is 0 Å². The zero-order chi connectivity index (χ0) is 10.2. The van der Waals surface area contributed by atoms with E-state index in [-0.39, 0.29) is 0 Å². The molecule has 72 valence electrons. The highest BCUT2D eigenvalue weighted by atomic mass is 16.5. The molecule has 0 spiro atoms. The van der Waals surface area contributed by atoms with E-state index < -0.39 is 0 Å². The SMILES string of the molecule is C=CCCOCc1cccc(C#N)c1. The molecule has 0 aliphatic heterocycles. The summed E-state index contributed by atoms with van der Waals surface area (Å²) in [4.78, 5) is 0. The Morgan fingerprint density at radius 2 is 2.36 bits per heavy atom. The lowest BCUT2D eigenvalue weighted by atomic mass is 10.1. The van der Waals surface area contributed by atoms with Crippen LogP contribution in [0.4, 0.5) is 0 Å². The standard InChI is InChI=1S/C12H13NO/c1-2-3-7-14-10-12-6-4-5-11(8-12)9-13/h2,4-6,8H,1,3,7,10H2. The third-order valence-electron chi connectivity index (χ3n) is 1.79. The van der Waals surface area contributed by atoms with Crippen LogP contribution in [0.3, 0.4) is 0 Å². The largest absolute Gasteiger partial charge is 0.376 e. The molecule has 2 heteroatoms. The second-order valence-electron chi connectivity index (χ2n) is 2.94. The van der Waals surface area contributed by atoms with E-state index in [9.17, 15) is 0 Å². The van der Waals surface area contributed by atoms with Gasteiger partial charge in [-0.05, 0) is 24.1 Å². The lowest BCUT2D eigenvalue weighted by Crippen LogP contribution is -1.94. The van der Waals surface area contributed by atoms with E-state index in [1.54, 1.807) is 6.07 Å². The number of nitriles is 1. The van der Waals surface area contributed by atoms with Crippen LogP contribution in [-0.2, 0) is 11.3 Å². The summed E-state index contributed by atoms with van der Waals surface area (Å²) < 4.78 is 5.38. The molecule has 14 heavy (non-hydrogen) atoms. The molecule has 1 rings (SSSR count). The first-order chi connectivity index (χ1) is 6.86. The van der Waals surface area contributed by atoms with Gasteiger partial charge >= 0.3 is 0 Å². The summed E-state index contributed by atoms with van der Waals surface area (Å²) in [5.74, 6) is 0.